The number of rotatable bonds is 6. The monoisotopic (exact) mass is 365 g/mol. The molecule has 0 unspecified atom stereocenters. The third-order valence-electron chi connectivity index (χ3n) is 4.40. The molecule has 0 aliphatic rings. The normalized spacial score (nSPS) is 11.8. The predicted octanol–water partition coefficient (Wildman–Crippen LogP) is 4.81. The summed E-state index contributed by atoms with van der Waals surface area (Å²) in [5.41, 5.74) is 5.80. The van der Waals surface area contributed by atoms with E-state index in [-0.39, 0.29) is 0 Å². The van der Waals surface area contributed by atoms with Gasteiger partial charge in [-0.25, -0.2) is 4.98 Å². The summed E-state index contributed by atoms with van der Waals surface area (Å²) in [7, 11) is 4.19. The Labute approximate surface area is 157 Å². The van der Waals surface area contributed by atoms with Gasteiger partial charge in [-0.15, -0.1) is 0 Å². The molecule has 2 aromatic heterocycles. The highest BCUT2D eigenvalue weighted by Crippen LogP contribution is 2.34. The molecule has 0 atom stereocenters. The highest BCUT2D eigenvalue weighted by Gasteiger charge is 2.18. The first kappa shape index (κ1) is 17.2. The summed E-state index contributed by atoms with van der Waals surface area (Å²) in [6, 6.07) is 17.1. The van der Waals surface area contributed by atoms with Gasteiger partial charge in [0.1, 0.15) is 0 Å². The second-order valence-electron chi connectivity index (χ2n) is 6.67. The summed E-state index contributed by atoms with van der Waals surface area (Å²) >= 11 is 1.74. The molecule has 0 aliphatic carbocycles. The lowest BCUT2D eigenvalue weighted by molar-refractivity contribution is 0.131. The summed E-state index contributed by atoms with van der Waals surface area (Å²) in [5, 5.41) is 0. The van der Waals surface area contributed by atoms with Crippen molar-refractivity contribution >= 4 is 26.5 Å². The third kappa shape index (κ3) is 3.14. The van der Waals surface area contributed by atoms with Gasteiger partial charge in [-0.2, -0.15) is 0 Å². The molecule has 4 rings (SSSR count). The number of benzene rings is 2. The van der Waals surface area contributed by atoms with E-state index in [0.29, 0.717) is 13.2 Å². The van der Waals surface area contributed by atoms with Crippen LogP contribution in [0.5, 0.6) is 0 Å². The van der Waals surface area contributed by atoms with Crippen LogP contribution in [-0.2, 0) is 17.9 Å². The van der Waals surface area contributed by atoms with Crippen LogP contribution in [0.25, 0.3) is 26.4 Å². The van der Waals surface area contributed by atoms with E-state index in [1.165, 1.54) is 15.8 Å². The molecule has 26 heavy (non-hydrogen) atoms. The Morgan fingerprint density at radius 1 is 1.12 bits per heavy atom. The number of ether oxygens (including phenoxy) is 1. The smallest absolute Gasteiger partial charge is 0.195 e. The van der Waals surface area contributed by atoms with Crippen LogP contribution in [-0.4, -0.2) is 35.0 Å². The standard InChI is InChI=1S/C21H23N3OS/c1-4-25-14-18-20(16-8-6-5-7-9-16)22-21-24(18)17-11-10-15(13-23(2)3)12-19(17)26-21/h5-12H,4,13-14H2,1-3H3. The molecule has 2 aromatic carbocycles. The van der Waals surface area contributed by atoms with Gasteiger partial charge in [0.25, 0.3) is 0 Å². The zero-order chi connectivity index (χ0) is 18.1. The molecule has 0 saturated heterocycles. The van der Waals surface area contributed by atoms with E-state index in [4.69, 9.17) is 9.72 Å². The lowest BCUT2D eigenvalue weighted by Gasteiger charge is -2.09. The Morgan fingerprint density at radius 3 is 2.65 bits per heavy atom. The minimum atomic E-state index is 0.563. The van der Waals surface area contributed by atoms with Gasteiger partial charge in [-0.3, -0.25) is 4.40 Å². The summed E-state index contributed by atoms with van der Waals surface area (Å²) in [6.07, 6.45) is 0. The quantitative estimate of drug-likeness (QED) is 0.491. The molecule has 0 spiro atoms. The average Bonchev–Trinajstić information content (AvgIpc) is 3.15. The van der Waals surface area contributed by atoms with E-state index >= 15 is 0 Å². The van der Waals surface area contributed by atoms with Crippen molar-refractivity contribution < 1.29 is 4.74 Å². The fraction of sp³-hybridized carbons (Fsp3) is 0.286. The minimum absolute atomic E-state index is 0.563. The fourth-order valence-corrected chi connectivity index (χ4v) is 4.40. The zero-order valence-electron chi connectivity index (χ0n) is 15.4. The molecule has 0 N–H and O–H groups in total. The van der Waals surface area contributed by atoms with E-state index in [9.17, 15) is 0 Å². The van der Waals surface area contributed by atoms with Crippen molar-refractivity contribution in [2.45, 2.75) is 20.1 Å². The second kappa shape index (κ2) is 7.19. The lowest BCUT2D eigenvalue weighted by Crippen LogP contribution is -2.10. The van der Waals surface area contributed by atoms with Crippen LogP contribution in [0.4, 0.5) is 0 Å². The van der Waals surface area contributed by atoms with Crippen LogP contribution in [0.15, 0.2) is 48.5 Å². The second-order valence-corrected chi connectivity index (χ2v) is 7.68. The number of aromatic nitrogens is 2. The number of hydrogen-bond donors (Lipinski definition) is 0. The third-order valence-corrected chi connectivity index (χ3v) is 5.40. The number of imidazole rings is 1. The highest BCUT2D eigenvalue weighted by molar-refractivity contribution is 7.23. The van der Waals surface area contributed by atoms with E-state index in [2.05, 4.69) is 65.9 Å². The van der Waals surface area contributed by atoms with E-state index in [1.807, 2.05) is 13.0 Å². The fourth-order valence-electron chi connectivity index (χ4n) is 3.29. The summed E-state index contributed by atoms with van der Waals surface area (Å²) in [6.45, 7) is 4.22. The number of nitrogens with zero attached hydrogens (tertiary/aromatic N) is 3. The molecule has 0 aliphatic heterocycles. The Balaban J connectivity index is 1.89. The first-order valence-electron chi connectivity index (χ1n) is 8.88. The molecular weight excluding hydrogens is 342 g/mol. The van der Waals surface area contributed by atoms with Crippen molar-refractivity contribution in [1.29, 1.82) is 0 Å². The van der Waals surface area contributed by atoms with Gasteiger partial charge in [-0.05, 0) is 38.7 Å². The molecule has 5 heteroatoms. The zero-order valence-corrected chi connectivity index (χ0v) is 16.2. The molecule has 0 amide bonds. The van der Waals surface area contributed by atoms with Crippen molar-refractivity contribution in [1.82, 2.24) is 14.3 Å². The Bertz CT molecular complexity index is 1030. The van der Waals surface area contributed by atoms with Gasteiger partial charge in [0.2, 0.25) is 0 Å². The Morgan fingerprint density at radius 2 is 1.92 bits per heavy atom. The molecular formula is C21H23N3OS. The summed E-state index contributed by atoms with van der Waals surface area (Å²) in [4.78, 5) is 8.17. The molecule has 0 radical (unpaired) electrons. The van der Waals surface area contributed by atoms with Gasteiger partial charge < -0.3 is 9.64 Å². The topological polar surface area (TPSA) is 29.8 Å². The highest BCUT2D eigenvalue weighted by atomic mass is 32.1. The van der Waals surface area contributed by atoms with Crippen molar-refractivity contribution in [2.75, 3.05) is 20.7 Å². The molecule has 4 aromatic rings. The largest absolute Gasteiger partial charge is 0.375 e. The molecule has 4 nitrogen and oxygen atoms in total. The molecule has 0 fully saturated rings. The van der Waals surface area contributed by atoms with E-state index in [0.717, 1.165) is 28.5 Å². The van der Waals surface area contributed by atoms with Gasteiger partial charge in [0, 0.05) is 18.7 Å². The van der Waals surface area contributed by atoms with Gasteiger partial charge in [0.15, 0.2) is 4.96 Å². The van der Waals surface area contributed by atoms with Crippen molar-refractivity contribution in [3.05, 3.63) is 59.8 Å². The summed E-state index contributed by atoms with van der Waals surface area (Å²) in [5.74, 6) is 0. The molecule has 0 bridgehead atoms. The van der Waals surface area contributed by atoms with Crippen LogP contribution in [0.1, 0.15) is 18.2 Å². The maximum Gasteiger partial charge on any atom is 0.195 e. The Hall–Kier alpha value is -2.21. The average molecular weight is 366 g/mol. The number of thiazole rings is 1. The van der Waals surface area contributed by atoms with Crippen molar-refractivity contribution in [3.63, 3.8) is 0 Å². The first-order valence-corrected chi connectivity index (χ1v) is 9.69. The van der Waals surface area contributed by atoms with Crippen LogP contribution < -0.4 is 0 Å². The maximum atomic E-state index is 5.78. The van der Waals surface area contributed by atoms with Crippen LogP contribution in [0.3, 0.4) is 0 Å². The van der Waals surface area contributed by atoms with Crippen LogP contribution >= 0.6 is 11.3 Å². The summed E-state index contributed by atoms with van der Waals surface area (Å²) < 4.78 is 9.31. The maximum absolute atomic E-state index is 5.78. The van der Waals surface area contributed by atoms with Crippen molar-refractivity contribution in [2.24, 2.45) is 0 Å². The van der Waals surface area contributed by atoms with E-state index < -0.39 is 0 Å². The van der Waals surface area contributed by atoms with Crippen LogP contribution in [0.2, 0.25) is 0 Å². The Kier molecular flexibility index (Phi) is 4.76. The SMILES string of the molecule is CCOCc1c(-c2ccccc2)nc2sc3cc(CN(C)C)ccc3n12. The molecule has 134 valence electrons. The van der Waals surface area contributed by atoms with Gasteiger partial charge in [-0.1, -0.05) is 47.7 Å². The van der Waals surface area contributed by atoms with E-state index in [1.54, 1.807) is 11.3 Å². The van der Waals surface area contributed by atoms with Crippen LogP contribution in [0, 0.1) is 0 Å². The predicted molar refractivity (Wildman–Crippen MR) is 109 cm³/mol. The van der Waals surface area contributed by atoms with Gasteiger partial charge in [0.05, 0.1) is 28.2 Å². The van der Waals surface area contributed by atoms with Crippen molar-refractivity contribution in [3.8, 4) is 11.3 Å². The van der Waals surface area contributed by atoms with Gasteiger partial charge >= 0.3 is 0 Å². The number of fused-ring (bicyclic) bond motifs is 3. The molecule has 2 heterocycles. The molecule has 0 saturated carbocycles. The first-order chi connectivity index (χ1) is 12.7. The minimum Gasteiger partial charge on any atom is -0.375 e. The lowest BCUT2D eigenvalue weighted by atomic mass is 10.1. The number of hydrogen-bond acceptors (Lipinski definition) is 4.